The molecule has 2 rings (SSSR count). The lowest BCUT2D eigenvalue weighted by Gasteiger charge is -2.24. The Morgan fingerprint density at radius 2 is 2.18 bits per heavy atom. The Morgan fingerprint density at radius 1 is 1.45 bits per heavy atom. The second-order valence-corrected chi connectivity index (χ2v) is 7.79. The van der Waals surface area contributed by atoms with Crippen LogP contribution in [0, 0.1) is 5.92 Å². The quantitative estimate of drug-likeness (QED) is 0.748. The van der Waals surface area contributed by atoms with Crippen molar-refractivity contribution in [1.29, 1.82) is 0 Å². The van der Waals surface area contributed by atoms with Crippen LogP contribution in [0.1, 0.15) is 27.2 Å². The van der Waals surface area contributed by atoms with Gasteiger partial charge in [0.1, 0.15) is 11.4 Å². The fraction of sp³-hybridized carbons (Fsp3) is 0.562. The van der Waals surface area contributed by atoms with Gasteiger partial charge in [-0.1, -0.05) is 27.5 Å². The topological polar surface area (TPSA) is 38.8 Å². The Morgan fingerprint density at radius 3 is 2.86 bits per heavy atom. The molecule has 0 aliphatic carbocycles. The molecule has 0 N–H and O–H groups in total. The molecule has 1 heterocycles. The first-order chi connectivity index (χ1) is 10.2. The zero-order chi connectivity index (χ0) is 16.3. The van der Waals surface area contributed by atoms with E-state index in [9.17, 15) is 4.79 Å². The number of carbonyl (C=O) groups is 1. The summed E-state index contributed by atoms with van der Waals surface area (Å²) in [4.78, 5) is 13.8. The van der Waals surface area contributed by atoms with E-state index in [4.69, 9.17) is 21.1 Å². The van der Waals surface area contributed by atoms with Crippen molar-refractivity contribution in [2.75, 3.05) is 19.7 Å². The summed E-state index contributed by atoms with van der Waals surface area (Å²) >= 11 is 9.50. The highest BCUT2D eigenvalue weighted by Crippen LogP contribution is 2.29. The monoisotopic (exact) mass is 389 g/mol. The Balaban J connectivity index is 1.84. The first-order valence-corrected chi connectivity index (χ1v) is 8.47. The maximum Gasteiger partial charge on any atom is 0.410 e. The van der Waals surface area contributed by atoms with Gasteiger partial charge in [0, 0.05) is 23.5 Å². The molecule has 1 saturated heterocycles. The number of hydrogen-bond donors (Lipinski definition) is 0. The van der Waals surface area contributed by atoms with Gasteiger partial charge < -0.3 is 14.4 Å². The minimum Gasteiger partial charge on any atom is -0.492 e. The molecule has 22 heavy (non-hydrogen) atoms. The second kappa shape index (κ2) is 7.09. The number of hydrogen-bond acceptors (Lipinski definition) is 3. The van der Waals surface area contributed by atoms with E-state index in [1.54, 1.807) is 11.0 Å². The molecule has 1 amide bonds. The van der Waals surface area contributed by atoms with Crippen molar-refractivity contribution >= 4 is 33.6 Å². The van der Waals surface area contributed by atoms with Gasteiger partial charge in [0.05, 0.1) is 11.6 Å². The first kappa shape index (κ1) is 17.4. The van der Waals surface area contributed by atoms with Crippen LogP contribution in [0.5, 0.6) is 5.75 Å². The fourth-order valence-electron chi connectivity index (χ4n) is 2.26. The summed E-state index contributed by atoms with van der Waals surface area (Å²) in [6, 6.07) is 5.51. The van der Waals surface area contributed by atoms with Crippen molar-refractivity contribution in [3.8, 4) is 5.75 Å². The molecule has 1 aromatic carbocycles. The summed E-state index contributed by atoms with van der Waals surface area (Å²) in [6.45, 7) is 7.51. The van der Waals surface area contributed by atoms with E-state index in [1.807, 2.05) is 32.9 Å². The summed E-state index contributed by atoms with van der Waals surface area (Å²) in [6.07, 6.45) is 0.653. The van der Waals surface area contributed by atoms with Crippen LogP contribution in [0.3, 0.4) is 0 Å². The fourth-order valence-corrected chi connectivity index (χ4v) is 2.77. The molecule has 1 unspecified atom stereocenters. The predicted octanol–water partition coefficient (Wildman–Crippen LogP) is 4.74. The van der Waals surface area contributed by atoms with E-state index in [2.05, 4.69) is 15.9 Å². The van der Waals surface area contributed by atoms with Crippen LogP contribution in [0.25, 0.3) is 0 Å². The van der Waals surface area contributed by atoms with Crippen molar-refractivity contribution in [2.45, 2.75) is 32.8 Å². The average Bonchev–Trinajstić information content (AvgIpc) is 2.87. The average molecular weight is 391 g/mol. The van der Waals surface area contributed by atoms with Crippen LogP contribution >= 0.6 is 27.5 Å². The van der Waals surface area contributed by atoms with Crippen LogP contribution in [0.4, 0.5) is 4.79 Å². The molecule has 122 valence electrons. The number of halogens is 2. The lowest BCUT2D eigenvalue weighted by atomic mass is 10.1. The SMILES string of the molecule is CC(C)(C)OC(=O)N1CCC(COc2cc(Br)ccc2Cl)C1. The van der Waals surface area contributed by atoms with Gasteiger partial charge in [-0.15, -0.1) is 0 Å². The van der Waals surface area contributed by atoms with Gasteiger partial charge in [0.15, 0.2) is 0 Å². The Hall–Kier alpha value is -0.940. The zero-order valence-corrected chi connectivity index (χ0v) is 15.4. The Bertz CT molecular complexity index is 545. The molecule has 0 saturated carbocycles. The van der Waals surface area contributed by atoms with Crippen molar-refractivity contribution in [3.05, 3.63) is 27.7 Å². The molecule has 0 radical (unpaired) electrons. The summed E-state index contributed by atoms with van der Waals surface area (Å²) in [5.74, 6) is 0.953. The maximum atomic E-state index is 12.0. The number of rotatable bonds is 3. The van der Waals surface area contributed by atoms with E-state index >= 15 is 0 Å². The number of ether oxygens (including phenoxy) is 2. The highest BCUT2D eigenvalue weighted by Gasteiger charge is 2.30. The molecule has 0 spiro atoms. The third kappa shape index (κ3) is 5.06. The maximum absolute atomic E-state index is 12.0. The molecule has 1 fully saturated rings. The van der Waals surface area contributed by atoms with Crippen LogP contribution in [-0.4, -0.2) is 36.3 Å². The van der Waals surface area contributed by atoms with Crippen LogP contribution in [0.2, 0.25) is 5.02 Å². The van der Waals surface area contributed by atoms with Crippen LogP contribution in [0.15, 0.2) is 22.7 Å². The lowest BCUT2D eigenvalue weighted by molar-refractivity contribution is 0.0285. The highest BCUT2D eigenvalue weighted by molar-refractivity contribution is 9.10. The molecule has 1 aliphatic rings. The number of nitrogens with zero attached hydrogens (tertiary/aromatic N) is 1. The van der Waals surface area contributed by atoms with Crippen LogP contribution < -0.4 is 4.74 Å². The number of carbonyl (C=O) groups excluding carboxylic acids is 1. The van der Waals surface area contributed by atoms with E-state index in [0.29, 0.717) is 36.4 Å². The van der Waals surface area contributed by atoms with Crippen LogP contribution in [-0.2, 0) is 4.74 Å². The summed E-state index contributed by atoms with van der Waals surface area (Å²) in [5, 5.41) is 0.588. The van der Waals surface area contributed by atoms with Crippen molar-refractivity contribution in [3.63, 3.8) is 0 Å². The molecular weight excluding hydrogens is 370 g/mol. The molecule has 0 aromatic heterocycles. The molecule has 0 bridgehead atoms. The van der Waals surface area contributed by atoms with Gasteiger partial charge in [-0.2, -0.15) is 0 Å². The standard InChI is InChI=1S/C16H21BrClNO3/c1-16(2,3)22-15(20)19-7-6-11(9-19)10-21-14-8-12(17)4-5-13(14)18/h4-5,8,11H,6-7,9-10H2,1-3H3. The zero-order valence-electron chi connectivity index (χ0n) is 13.1. The number of likely N-dealkylation sites (tertiary alicyclic amines) is 1. The van der Waals surface area contributed by atoms with Gasteiger partial charge in [-0.05, 0) is 45.4 Å². The highest BCUT2D eigenvalue weighted by atomic mass is 79.9. The molecule has 1 aliphatic heterocycles. The summed E-state index contributed by atoms with van der Waals surface area (Å²) in [5.41, 5.74) is -0.463. The normalized spacial score (nSPS) is 18.4. The number of amides is 1. The van der Waals surface area contributed by atoms with Crippen molar-refractivity contribution < 1.29 is 14.3 Å². The molecule has 1 aromatic rings. The van der Waals surface area contributed by atoms with Gasteiger partial charge in [0.2, 0.25) is 0 Å². The minimum absolute atomic E-state index is 0.254. The van der Waals surface area contributed by atoms with E-state index < -0.39 is 5.60 Å². The molecular formula is C16H21BrClNO3. The minimum atomic E-state index is -0.463. The third-order valence-corrected chi connectivity index (χ3v) is 4.11. The largest absolute Gasteiger partial charge is 0.492 e. The Labute approximate surface area is 144 Å². The van der Waals surface area contributed by atoms with E-state index in [1.165, 1.54) is 0 Å². The van der Waals surface area contributed by atoms with E-state index in [-0.39, 0.29) is 6.09 Å². The third-order valence-electron chi connectivity index (χ3n) is 3.31. The summed E-state index contributed by atoms with van der Waals surface area (Å²) in [7, 11) is 0. The number of benzene rings is 1. The lowest BCUT2D eigenvalue weighted by Crippen LogP contribution is -2.35. The van der Waals surface area contributed by atoms with Gasteiger partial charge in [0.25, 0.3) is 0 Å². The predicted molar refractivity (Wildman–Crippen MR) is 90.6 cm³/mol. The van der Waals surface area contributed by atoms with Crippen molar-refractivity contribution in [2.24, 2.45) is 5.92 Å². The van der Waals surface area contributed by atoms with Gasteiger partial charge in [-0.25, -0.2) is 4.79 Å². The molecule has 1 atom stereocenters. The van der Waals surface area contributed by atoms with Gasteiger partial charge in [-0.3, -0.25) is 0 Å². The van der Waals surface area contributed by atoms with Crippen molar-refractivity contribution in [1.82, 2.24) is 4.90 Å². The smallest absolute Gasteiger partial charge is 0.410 e. The van der Waals surface area contributed by atoms with Gasteiger partial charge >= 0.3 is 6.09 Å². The first-order valence-electron chi connectivity index (χ1n) is 7.30. The Kier molecular flexibility index (Phi) is 5.61. The molecule has 4 nitrogen and oxygen atoms in total. The molecule has 6 heteroatoms. The second-order valence-electron chi connectivity index (χ2n) is 6.47. The van der Waals surface area contributed by atoms with E-state index in [0.717, 1.165) is 10.9 Å². The summed E-state index contributed by atoms with van der Waals surface area (Å²) < 4.78 is 12.1.